The molecule has 0 aliphatic rings. The summed E-state index contributed by atoms with van der Waals surface area (Å²) in [6.07, 6.45) is 11.7. The van der Waals surface area contributed by atoms with Gasteiger partial charge in [0.15, 0.2) is 0 Å². The van der Waals surface area contributed by atoms with E-state index in [0.29, 0.717) is 12.6 Å². The predicted octanol–water partition coefficient (Wildman–Crippen LogP) is 4.22. The lowest BCUT2D eigenvalue weighted by Crippen LogP contribution is -2.23. The van der Waals surface area contributed by atoms with Crippen molar-refractivity contribution >= 4 is 5.69 Å². The second-order valence-corrected chi connectivity index (χ2v) is 7.21. The van der Waals surface area contributed by atoms with Crippen molar-refractivity contribution in [3.63, 3.8) is 0 Å². The zero-order valence-electron chi connectivity index (χ0n) is 17.8. The fourth-order valence-electron chi connectivity index (χ4n) is 2.52. The van der Waals surface area contributed by atoms with Crippen molar-refractivity contribution in [1.29, 1.82) is 0 Å². The maximum Gasteiger partial charge on any atom is 0.0655 e. The SMILES string of the molecule is C=C/C=C(\C=C/CNCNc1cccc(C)c1C)N/C=C(/CCC(C)C)NN. The first-order chi connectivity index (χ1) is 13.5. The van der Waals surface area contributed by atoms with Crippen LogP contribution in [0.2, 0.25) is 0 Å². The average Bonchev–Trinajstić information content (AvgIpc) is 2.67. The molecule has 0 bridgehead atoms. The van der Waals surface area contributed by atoms with Gasteiger partial charge in [0, 0.05) is 29.8 Å². The number of anilines is 1. The fourth-order valence-corrected chi connectivity index (χ4v) is 2.52. The van der Waals surface area contributed by atoms with E-state index in [0.717, 1.165) is 30.8 Å². The Hall–Kier alpha value is -2.50. The lowest BCUT2D eigenvalue weighted by atomic mass is 10.1. The van der Waals surface area contributed by atoms with Gasteiger partial charge < -0.3 is 16.1 Å². The second-order valence-electron chi connectivity index (χ2n) is 7.21. The number of hydrogen-bond donors (Lipinski definition) is 5. The highest BCUT2D eigenvalue weighted by atomic mass is 15.2. The van der Waals surface area contributed by atoms with Crippen LogP contribution in [0, 0.1) is 19.8 Å². The van der Waals surface area contributed by atoms with E-state index < -0.39 is 0 Å². The molecule has 0 radical (unpaired) electrons. The molecule has 1 rings (SSSR count). The quantitative estimate of drug-likeness (QED) is 0.116. The highest BCUT2D eigenvalue weighted by molar-refractivity contribution is 5.53. The van der Waals surface area contributed by atoms with Gasteiger partial charge in [0.25, 0.3) is 0 Å². The first-order valence-electron chi connectivity index (χ1n) is 9.90. The molecule has 0 fully saturated rings. The normalized spacial score (nSPS) is 12.5. The fraction of sp³-hybridized carbons (Fsp3) is 0.391. The third-order valence-corrected chi connectivity index (χ3v) is 4.45. The molecule has 0 heterocycles. The minimum atomic E-state index is 0.642. The monoisotopic (exact) mass is 383 g/mol. The lowest BCUT2D eigenvalue weighted by molar-refractivity contribution is 0.568. The Morgan fingerprint density at radius 1 is 1.25 bits per heavy atom. The van der Waals surface area contributed by atoms with Crippen molar-refractivity contribution in [2.75, 3.05) is 18.5 Å². The summed E-state index contributed by atoms with van der Waals surface area (Å²) in [6, 6.07) is 6.30. The zero-order chi connectivity index (χ0) is 20.8. The van der Waals surface area contributed by atoms with Crippen LogP contribution < -0.4 is 27.2 Å². The van der Waals surface area contributed by atoms with Crippen LogP contribution in [0.1, 0.15) is 37.8 Å². The van der Waals surface area contributed by atoms with Crippen molar-refractivity contribution in [1.82, 2.24) is 16.1 Å². The van der Waals surface area contributed by atoms with Gasteiger partial charge in [-0.25, -0.2) is 0 Å². The molecule has 0 atom stereocenters. The number of nitrogens with two attached hydrogens (primary N) is 1. The summed E-state index contributed by atoms with van der Waals surface area (Å²) in [7, 11) is 0. The molecule has 154 valence electrons. The number of hydrogen-bond acceptors (Lipinski definition) is 5. The molecular formula is C23H37N5. The summed E-state index contributed by atoms with van der Waals surface area (Å²) in [5.41, 5.74) is 8.44. The maximum absolute atomic E-state index is 5.61. The van der Waals surface area contributed by atoms with E-state index in [1.54, 1.807) is 6.08 Å². The molecule has 0 aliphatic heterocycles. The number of nitrogens with one attached hydrogen (secondary N) is 4. The van der Waals surface area contributed by atoms with E-state index in [9.17, 15) is 0 Å². The highest BCUT2D eigenvalue weighted by Crippen LogP contribution is 2.17. The van der Waals surface area contributed by atoms with Gasteiger partial charge in [-0.2, -0.15) is 0 Å². The Bertz CT molecular complexity index is 686. The Kier molecular flexibility index (Phi) is 11.5. The molecule has 0 unspecified atom stereocenters. The topological polar surface area (TPSA) is 74.1 Å². The summed E-state index contributed by atoms with van der Waals surface area (Å²) < 4.78 is 0. The van der Waals surface area contributed by atoms with E-state index in [4.69, 9.17) is 5.84 Å². The summed E-state index contributed by atoms with van der Waals surface area (Å²) in [5, 5.41) is 10.1. The molecule has 0 aromatic heterocycles. The van der Waals surface area contributed by atoms with E-state index in [-0.39, 0.29) is 0 Å². The maximum atomic E-state index is 5.61. The summed E-state index contributed by atoms with van der Waals surface area (Å²) in [5.74, 6) is 6.25. The Balaban J connectivity index is 2.44. The molecule has 0 amide bonds. The Morgan fingerprint density at radius 2 is 2.04 bits per heavy atom. The number of benzene rings is 1. The van der Waals surface area contributed by atoms with Gasteiger partial charge in [0.1, 0.15) is 0 Å². The molecule has 0 aliphatic carbocycles. The zero-order valence-corrected chi connectivity index (χ0v) is 17.8. The smallest absolute Gasteiger partial charge is 0.0655 e. The number of hydrazine groups is 1. The van der Waals surface area contributed by atoms with E-state index in [1.165, 1.54) is 16.8 Å². The summed E-state index contributed by atoms with van der Waals surface area (Å²) >= 11 is 0. The van der Waals surface area contributed by atoms with Gasteiger partial charge in [-0.3, -0.25) is 11.2 Å². The van der Waals surface area contributed by atoms with Crippen LogP contribution in [0.4, 0.5) is 5.69 Å². The van der Waals surface area contributed by atoms with Gasteiger partial charge in [-0.15, -0.1) is 0 Å². The van der Waals surface area contributed by atoms with Crippen molar-refractivity contribution in [3.8, 4) is 0 Å². The van der Waals surface area contributed by atoms with E-state index in [2.05, 4.69) is 79.9 Å². The Labute approximate surface area is 170 Å². The van der Waals surface area contributed by atoms with Crippen LogP contribution >= 0.6 is 0 Å². The van der Waals surface area contributed by atoms with Crippen LogP contribution in [0.25, 0.3) is 0 Å². The van der Waals surface area contributed by atoms with Crippen molar-refractivity contribution in [2.24, 2.45) is 11.8 Å². The van der Waals surface area contributed by atoms with Crippen LogP contribution in [-0.2, 0) is 0 Å². The summed E-state index contributed by atoms with van der Waals surface area (Å²) in [6.45, 7) is 13.9. The average molecular weight is 384 g/mol. The van der Waals surface area contributed by atoms with Crippen LogP contribution in [0.5, 0.6) is 0 Å². The minimum absolute atomic E-state index is 0.642. The van der Waals surface area contributed by atoms with Crippen LogP contribution in [-0.4, -0.2) is 13.2 Å². The largest absolute Gasteiger partial charge is 0.372 e. The predicted molar refractivity (Wildman–Crippen MR) is 122 cm³/mol. The Morgan fingerprint density at radius 3 is 2.71 bits per heavy atom. The van der Waals surface area contributed by atoms with Crippen molar-refractivity contribution in [3.05, 3.63) is 77.8 Å². The third-order valence-electron chi connectivity index (χ3n) is 4.45. The number of rotatable bonds is 13. The van der Waals surface area contributed by atoms with Gasteiger partial charge in [0.05, 0.1) is 6.67 Å². The first-order valence-corrected chi connectivity index (χ1v) is 9.90. The molecular weight excluding hydrogens is 346 g/mol. The molecule has 0 saturated heterocycles. The van der Waals surface area contributed by atoms with Crippen molar-refractivity contribution in [2.45, 2.75) is 40.5 Å². The minimum Gasteiger partial charge on any atom is -0.372 e. The highest BCUT2D eigenvalue weighted by Gasteiger charge is 1.99. The third kappa shape index (κ3) is 9.44. The molecule has 5 heteroatoms. The molecule has 6 N–H and O–H groups in total. The van der Waals surface area contributed by atoms with Crippen molar-refractivity contribution < 1.29 is 0 Å². The summed E-state index contributed by atoms with van der Waals surface area (Å²) in [4.78, 5) is 0. The molecule has 0 spiro atoms. The standard InChI is InChI=1S/C23H37N5/c1-6-9-21(26-16-22(28-24)14-13-18(2)3)11-8-15-25-17-27-23-12-7-10-19(4)20(23)5/h6-12,16,18,25-28H,1,13-15,17,24H2,2-5H3/b11-8-,21-9+,22-16-. The molecule has 28 heavy (non-hydrogen) atoms. The van der Waals surface area contributed by atoms with Crippen LogP contribution in [0.3, 0.4) is 0 Å². The van der Waals surface area contributed by atoms with Gasteiger partial charge in [-0.05, 0) is 62.0 Å². The van der Waals surface area contributed by atoms with Gasteiger partial charge in [-0.1, -0.05) is 44.7 Å². The molecule has 1 aromatic rings. The first kappa shape index (κ1) is 23.5. The van der Waals surface area contributed by atoms with E-state index >= 15 is 0 Å². The lowest BCUT2D eigenvalue weighted by Gasteiger charge is -2.11. The number of allylic oxidation sites excluding steroid dienone is 4. The van der Waals surface area contributed by atoms with E-state index in [1.807, 2.05) is 18.4 Å². The molecule has 5 nitrogen and oxygen atoms in total. The molecule has 1 aromatic carbocycles. The van der Waals surface area contributed by atoms with Crippen LogP contribution in [0.15, 0.2) is 66.7 Å². The van der Waals surface area contributed by atoms with Gasteiger partial charge in [0.2, 0.25) is 0 Å². The second kappa shape index (κ2) is 13.6. The molecule has 0 saturated carbocycles. The van der Waals surface area contributed by atoms with Gasteiger partial charge >= 0.3 is 0 Å². The number of aryl methyl sites for hydroxylation is 1.